The quantitative estimate of drug-likeness (QED) is 0.171. The van der Waals surface area contributed by atoms with E-state index < -0.39 is 0 Å². The third kappa shape index (κ3) is 5.56. The lowest BCUT2D eigenvalue weighted by molar-refractivity contribution is 0.670. The summed E-state index contributed by atoms with van der Waals surface area (Å²) in [4.78, 5) is 15.3. The maximum atomic E-state index is 6.62. The second kappa shape index (κ2) is 13.3. The highest BCUT2D eigenvalue weighted by atomic mass is 32.1. The summed E-state index contributed by atoms with van der Waals surface area (Å²) in [6.45, 7) is 0. The molecule has 0 saturated carbocycles. The first kappa shape index (κ1) is 32.2. The van der Waals surface area contributed by atoms with Gasteiger partial charge in [-0.1, -0.05) is 140 Å². The molecule has 0 N–H and O–H groups in total. The molecule has 0 amide bonds. The van der Waals surface area contributed by atoms with Crippen molar-refractivity contribution in [2.24, 2.45) is 0 Å². The van der Waals surface area contributed by atoms with E-state index in [9.17, 15) is 0 Å². The van der Waals surface area contributed by atoms with E-state index >= 15 is 0 Å². The highest BCUT2D eigenvalue weighted by molar-refractivity contribution is 7.26. The second-order valence-corrected chi connectivity index (χ2v) is 15.1. The lowest BCUT2D eigenvalue weighted by Crippen LogP contribution is -2.00. The molecule has 0 aliphatic heterocycles. The molecule has 262 valence electrons. The van der Waals surface area contributed by atoms with E-state index in [0.29, 0.717) is 17.5 Å². The normalized spacial score (nSPS) is 11.6. The van der Waals surface area contributed by atoms with Crippen LogP contribution < -0.4 is 0 Å². The first-order valence-electron chi connectivity index (χ1n) is 18.7. The largest absolute Gasteiger partial charge is 0.455 e. The zero-order valence-corrected chi connectivity index (χ0v) is 30.9. The van der Waals surface area contributed by atoms with E-state index in [-0.39, 0.29) is 0 Å². The maximum Gasteiger partial charge on any atom is 0.164 e. The van der Waals surface area contributed by atoms with Gasteiger partial charge in [0.25, 0.3) is 0 Å². The number of para-hydroxylation sites is 1. The van der Waals surface area contributed by atoms with Crippen LogP contribution in [0.3, 0.4) is 0 Å². The third-order valence-corrected chi connectivity index (χ3v) is 11.7. The van der Waals surface area contributed by atoms with Gasteiger partial charge in [0.05, 0.1) is 0 Å². The van der Waals surface area contributed by atoms with Crippen LogP contribution in [0.4, 0.5) is 0 Å². The molecule has 0 fully saturated rings. The topological polar surface area (TPSA) is 51.8 Å². The molecular formula is C51H31N3OS. The van der Waals surface area contributed by atoms with Gasteiger partial charge in [0.2, 0.25) is 0 Å². The van der Waals surface area contributed by atoms with Crippen molar-refractivity contribution in [3.8, 4) is 67.5 Å². The minimum atomic E-state index is 0.608. The third-order valence-electron chi connectivity index (χ3n) is 10.5. The fourth-order valence-corrected chi connectivity index (χ4v) is 8.95. The van der Waals surface area contributed by atoms with Gasteiger partial charge in [-0.25, -0.2) is 15.0 Å². The molecule has 0 saturated heterocycles. The standard InChI is InChI=1S/C51H31N3OS/c1-4-13-32(14-5-1)35-19-10-20-36(29-35)40-22-11-23-41-42-30-37(25-27-44(42)55-48(40)41)50-52-49(34-17-8-3-9-18-34)53-51(54-50)38-26-28-45-43(31-38)47-39(21-12-24-46(47)56-45)33-15-6-2-7-16-33/h1-31H. The number of nitrogens with zero attached hydrogens (tertiary/aromatic N) is 3. The van der Waals surface area contributed by atoms with E-state index in [1.54, 1.807) is 0 Å². The van der Waals surface area contributed by atoms with Crippen LogP contribution in [0.5, 0.6) is 0 Å². The fraction of sp³-hybridized carbons (Fsp3) is 0. The smallest absolute Gasteiger partial charge is 0.164 e. The Hall–Kier alpha value is -7.21. The van der Waals surface area contributed by atoms with Crippen LogP contribution in [-0.4, -0.2) is 15.0 Å². The summed E-state index contributed by atoms with van der Waals surface area (Å²) in [5, 5.41) is 4.51. The number of rotatable bonds is 6. The molecule has 0 aliphatic rings. The van der Waals surface area contributed by atoms with Gasteiger partial charge in [0.15, 0.2) is 17.5 Å². The Morgan fingerprint density at radius 2 is 0.911 bits per heavy atom. The molecule has 0 bridgehead atoms. The first-order valence-corrected chi connectivity index (χ1v) is 19.5. The average molecular weight is 734 g/mol. The van der Waals surface area contributed by atoms with E-state index in [4.69, 9.17) is 19.4 Å². The predicted molar refractivity (Wildman–Crippen MR) is 233 cm³/mol. The highest BCUT2D eigenvalue weighted by Crippen LogP contribution is 2.42. The van der Waals surface area contributed by atoms with Gasteiger partial charge in [-0.2, -0.15) is 0 Å². The molecule has 5 heteroatoms. The van der Waals surface area contributed by atoms with Crippen LogP contribution >= 0.6 is 11.3 Å². The average Bonchev–Trinajstić information content (AvgIpc) is 3.85. The van der Waals surface area contributed by atoms with Crippen LogP contribution in [-0.2, 0) is 0 Å². The van der Waals surface area contributed by atoms with Crippen LogP contribution in [0, 0.1) is 0 Å². The summed E-state index contributed by atoms with van der Waals surface area (Å²) in [6, 6.07) is 65.6. The molecule has 0 spiro atoms. The summed E-state index contributed by atoms with van der Waals surface area (Å²) in [7, 11) is 0. The summed E-state index contributed by atoms with van der Waals surface area (Å²) in [5.41, 5.74) is 11.4. The molecule has 0 aliphatic carbocycles. The highest BCUT2D eigenvalue weighted by Gasteiger charge is 2.18. The molecule has 56 heavy (non-hydrogen) atoms. The van der Waals surface area contributed by atoms with Crippen molar-refractivity contribution in [3.63, 3.8) is 0 Å². The number of benzene rings is 8. The van der Waals surface area contributed by atoms with Crippen LogP contribution in [0.1, 0.15) is 0 Å². The van der Waals surface area contributed by atoms with E-state index in [2.05, 4.69) is 146 Å². The van der Waals surface area contributed by atoms with Gasteiger partial charge >= 0.3 is 0 Å². The number of fused-ring (bicyclic) bond motifs is 6. The number of thiophene rings is 1. The van der Waals surface area contributed by atoms with Gasteiger partial charge in [-0.05, 0) is 76.3 Å². The lowest BCUT2D eigenvalue weighted by atomic mass is 9.97. The van der Waals surface area contributed by atoms with Crippen molar-refractivity contribution in [2.45, 2.75) is 0 Å². The van der Waals surface area contributed by atoms with E-state index in [0.717, 1.165) is 49.8 Å². The number of furan rings is 1. The van der Waals surface area contributed by atoms with Gasteiger partial charge < -0.3 is 4.42 Å². The van der Waals surface area contributed by atoms with Gasteiger partial charge in [-0.15, -0.1) is 11.3 Å². The molecule has 3 aromatic heterocycles. The Kier molecular flexibility index (Phi) is 7.64. The zero-order valence-electron chi connectivity index (χ0n) is 30.1. The summed E-state index contributed by atoms with van der Waals surface area (Å²) < 4.78 is 9.11. The Morgan fingerprint density at radius 1 is 0.339 bits per heavy atom. The van der Waals surface area contributed by atoms with E-state index in [1.807, 2.05) is 53.8 Å². The Bertz CT molecular complexity index is 3240. The van der Waals surface area contributed by atoms with Crippen molar-refractivity contribution < 1.29 is 4.42 Å². The molecule has 0 radical (unpaired) electrons. The van der Waals surface area contributed by atoms with Crippen LogP contribution in [0.2, 0.25) is 0 Å². The molecule has 11 rings (SSSR count). The van der Waals surface area contributed by atoms with Gasteiger partial charge in [-0.3, -0.25) is 0 Å². The minimum Gasteiger partial charge on any atom is -0.455 e. The lowest BCUT2D eigenvalue weighted by Gasteiger charge is -2.09. The van der Waals surface area contributed by atoms with Crippen molar-refractivity contribution in [3.05, 3.63) is 188 Å². The maximum absolute atomic E-state index is 6.62. The molecule has 0 atom stereocenters. The van der Waals surface area contributed by atoms with E-state index in [1.165, 1.54) is 42.4 Å². The molecular weight excluding hydrogens is 703 g/mol. The molecule has 11 aromatic rings. The molecule has 3 heterocycles. The van der Waals surface area contributed by atoms with Crippen LogP contribution in [0.25, 0.3) is 110 Å². The first-order chi connectivity index (χ1) is 27.7. The molecule has 8 aromatic carbocycles. The summed E-state index contributed by atoms with van der Waals surface area (Å²) in [5.74, 6) is 1.87. The molecule has 4 nitrogen and oxygen atoms in total. The van der Waals surface area contributed by atoms with Gasteiger partial charge in [0.1, 0.15) is 11.2 Å². The Morgan fingerprint density at radius 3 is 1.66 bits per heavy atom. The van der Waals surface area contributed by atoms with Crippen molar-refractivity contribution >= 4 is 53.4 Å². The SMILES string of the molecule is c1ccc(-c2cccc(-c3cccc4c3oc3ccc(-c5nc(-c6ccccc6)nc(-c6ccc7sc8cccc(-c9ccccc9)c8c7c6)n5)cc34)c2)cc1. The molecule has 0 unspecified atom stereocenters. The minimum absolute atomic E-state index is 0.608. The van der Waals surface area contributed by atoms with Gasteiger partial charge in [0, 0.05) is 53.2 Å². The summed E-state index contributed by atoms with van der Waals surface area (Å²) >= 11 is 1.81. The van der Waals surface area contributed by atoms with Crippen molar-refractivity contribution in [1.82, 2.24) is 15.0 Å². The number of aromatic nitrogens is 3. The second-order valence-electron chi connectivity index (χ2n) is 14.0. The Balaban J connectivity index is 1.06. The van der Waals surface area contributed by atoms with Crippen LogP contribution in [0.15, 0.2) is 192 Å². The van der Waals surface area contributed by atoms with Crippen molar-refractivity contribution in [1.29, 1.82) is 0 Å². The number of hydrogen-bond acceptors (Lipinski definition) is 5. The Labute approximate surface area is 327 Å². The predicted octanol–water partition coefficient (Wildman–Crippen LogP) is 14.1. The van der Waals surface area contributed by atoms with Crippen molar-refractivity contribution in [2.75, 3.05) is 0 Å². The number of hydrogen-bond donors (Lipinski definition) is 0. The zero-order chi connectivity index (χ0) is 37.0. The summed E-state index contributed by atoms with van der Waals surface area (Å²) in [6.07, 6.45) is 0. The monoisotopic (exact) mass is 733 g/mol. The fourth-order valence-electron chi connectivity index (χ4n) is 7.84.